The Morgan fingerprint density at radius 3 is 2.94 bits per heavy atom. The van der Waals surface area contributed by atoms with E-state index in [4.69, 9.17) is 0 Å². The molecule has 1 atom stereocenters. The lowest BCUT2D eigenvalue weighted by atomic mass is 10.1. The van der Waals surface area contributed by atoms with Gasteiger partial charge in [-0.15, -0.1) is 0 Å². The van der Waals surface area contributed by atoms with Crippen molar-refractivity contribution >= 4 is 17.5 Å². The number of aromatic hydroxyl groups is 1. The van der Waals surface area contributed by atoms with Crippen LogP contribution in [0.5, 0.6) is 5.75 Å². The number of carbonyl (C=O) groups excluding carboxylic acids is 2. The van der Waals surface area contributed by atoms with E-state index in [9.17, 15) is 14.7 Å². The van der Waals surface area contributed by atoms with E-state index in [0.717, 1.165) is 0 Å². The molecule has 1 aromatic rings. The Morgan fingerprint density at radius 2 is 2.33 bits per heavy atom. The second-order valence-electron chi connectivity index (χ2n) is 4.19. The Kier molecular flexibility index (Phi) is 3.45. The molecule has 2 rings (SSSR count). The number of carbonyl (C=O) groups is 2. The summed E-state index contributed by atoms with van der Waals surface area (Å²) in [5.41, 5.74) is 1.18. The lowest BCUT2D eigenvalue weighted by Crippen LogP contribution is -2.47. The van der Waals surface area contributed by atoms with Crippen molar-refractivity contribution in [3.8, 4) is 5.75 Å². The summed E-state index contributed by atoms with van der Waals surface area (Å²) in [6.07, 6.45) is 2.98. The molecule has 0 aliphatic carbocycles. The lowest BCUT2D eigenvalue weighted by Gasteiger charge is -2.22. The van der Waals surface area contributed by atoms with E-state index in [2.05, 4.69) is 15.6 Å². The maximum atomic E-state index is 11.5. The second kappa shape index (κ2) is 5.03. The molecule has 3 N–H and O–H groups in total. The minimum absolute atomic E-state index is 0.106. The van der Waals surface area contributed by atoms with Gasteiger partial charge >= 0.3 is 0 Å². The average Bonchev–Trinajstić information content (AvgIpc) is 2.33. The van der Waals surface area contributed by atoms with Crippen molar-refractivity contribution in [1.82, 2.24) is 10.3 Å². The van der Waals surface area contributed by atoms with Gasteiger partial charge in [0.05, 0.1) is 17.6 Å². The molecule has 1 fully saturated rings. The van der Waals surface area contributed by atoms with Crippen molar-refractivity contribution in [1.29, 1.82) is 0 Å². The monoisotopic (exact) mass is 249 g/mol. The van der Waals surface area contributed by atoms with Crippen LogP contribution in [0.25, 0.3) is 0 Å². The Labute approximate surface area is 104 Å². The highest BCUT2D eigenvalue weighted by Crippen LogP contribution is 2.21. The molecule has 0 saturated carbocycles. The molecule has 18 heavy (non-hydrogen) atoms. The lowest BCUT2D eigenvalue weighted by molar-refractivity contribution is -0.133. The molecule has 6 nitrogen and oxygen atoms in total. The summed E-state index contributed by atoms with van der Waals surface area (Å²) < 4.78 is 0. The Hall–Kier alpha value is -2.11. The molecule has 1 aromatic heterocycles. The predicted octanol–water partition coefficient (Wildman–Crippen LogP) is 0.567. The number of hydrogen-bond acceptors (Lipinski definition) is 5. The first-order valence-electron chi connectivity index (χ1n) is 5.88. The van der Waals surface area contributed by atoms with Crippen LogP contribution in [0.15, 0.2) is 12.3 Å². The van der Waals surface area contributed by atoms with E-state index in [0.29, 0.717) is 30.6 Å². The number of nitrogens with one attached hydrogen (secondary N) is 2. The zero-order chi connectivity index (χ0) is 13.1. The third-order valence-electron chi connectivity index (χ3n) is 2.86. The maximum Gasteiger partial charge on any atom is 0.249 e. The van der Waals surface area contributed by atoms with Crippen molar-refractivity contribution in [3.05, 3.63) is 18.0 Å². The highest BCUT2D eigenvalue weighted by atomic mass is 16.3. The van der Waals surface area contributed by atoms with E-state index in [1.54, 1.807) is 6.20 Å². The van der Waals surface area contributed by atoms with E-state index in [1.807, 2.05) is 6.92 Å². The molecule has 1 unspecified atom stereocenters. The largest absolute Gasteiger partial charge is 0.506 e. The Balaban J connectivity index is 2.07. The number of anilines is 1. The number of pyridine rings is 1. The fourth-order valence-corrected chi connectivity index (χ4v) is 1.87. The number of rotatable bonds is 3. The summed E-state index contributed by atoms with van der Waals surface area (Å²) in [6.45, 7) is 1.90. The summed E-state index contributed by atoms with van der Waals surface area (Å²) in [4.78, 5) is 26.6. The van der Waals surface area contributed by atoms with Crippen LogP contribution < -0.4 is 10.6 Å². The highest BCUT2D eigenvalue weighted by molar-refractivity contribution is 6.01. The van der Waals surface area contributed by atoms with Gasteiger partial charge < -0.3 is 10.4 Å². The van der Waals surface area contributed by atoms with Crippen LogP contribution >= 0.6 is 0 Å². The quantitative estimate of drug-likeness (QED) is 0.681. The number of aryl methyl sites for hydroxylation is 1. The van der Waals surface area contributed by atoms with Crippen LogP contribution in [0.3, 0.4) is 0 Å². The van der Waals surface area contributed by atoms with E-state index >= 15 is 0 Å². The molecular weight excluding hydrogens is 234 g/mol. The fraction of sp³-hybridized carbons (Fsp3) is 0.417. The van der Waals surface area contributed by atoms with Crippen molar-refractivity contribution in [2.75, 3.05) is 5.32 Å². The normalized spacial score (nSPS) is 19.5. The first kappa shape index (κ1) is 12.3. The molecule has 0 radical (unpaired) electrons. The number of amides is 2. The second-order valence-corrected chi connectivity index (χ2v) is 4.19. The minimum atomic E-state index is -0.462. The van der Waals surface area contributed by atoms with E-state index in [-0.39, 0.29) is 17.6 Å². The standard InChI is InChI=1S/C12H15N3O3/c1-2-8-10(16)5-7(6-13-8)14-9-3-4-11(17)15-12(9)18/h5-6,9,14,16H,2-4H2,1H3,(H,15,17,18). The van der Waals surface area contributed by atoms with Gasteiger partial charge in [0.1, 0.15) is 11.8 Å². The van der Waals surface area contributed by atoms with Gasteiger partial charge in [0.15, 0.2) is 0 Å². The summed E-state index contributed by atoms with van der Waals surface area (Å²) in [6, 6.07) is 1.08. The van der Waals surface area contributed by atoms with Crippen LogP contribution in [0.4, 0.5) is 5.69 Å². The Morgan fingerprint density at radius 1 is 1.56 bits per heavy atom. The molecule has 6 heteroatoms. The van der Waals surface area contributed by atoms with Crippen molar-refractivity contribution in [3.63, 3.8) is 0 Å². The third-order valence-corrected chi connectivity index (χ3v) is 2.86. The third kappa shape index (κ3) is 2.58. The van der Waals surface area contributed by atoms with Crippen LogP contribution in [0, 0.1) is 0 Å². The van der Waals surface area contributed by atoms with Crippen LogP contribution in [-0.4, -0.2) is 27.9 Å². The molecule has 1 aliphatic heterocycles. The van der Waals surface area contributed by atoms with Gasteiger partial charge in [-0.1, -0.05) is 6.92 Å². The summed E-state index contributed by atoms with van der Waals surface area (Å²) in [5, 5.41) is 14.9. The van der Waals surface area contributed by atoms with Gasteiger partial charge in [-0.05, 0) is 12.8 Å². The number of hydrogen-bond donors (Lipinski definition) is 3. The Bertz CT molecular complexity index is 487. The molecule has 0 bridgehead atoms. The minimum Gasteiger partial charge on any atom is -0.506 e. The van der Waals surface area contributed by atoms with Crippen molar-refractivity contribution in [2.24, 2.45) is 0 Å². The predicted molar refractivity (Wildman–Crippen MR) is 65.1 cm³/mol. The van der Waals surface area contributed by atoms with Gasteiger partial charge in [-0.25, -0.2) is 0 Å². The SMILES string of the molecule is CCc1ncc(NC2CCC(=O)NC2=O)cc1O. The molecule has 96 valence electrons. The van der Waals surface area contributed by atoms with Crippen molar-refractivity contribution in [2.45, 2.75) is 32.2 Å². The number of nitrogens with zero attached hydrogens (tertiary/aromatic N) is 1. The molecule has 2 heterocycles. The van der Waals surface area contributed by atoms with Crippen molar-refractivity contribution < 1.29 is 14.7 Å². The fourth-order valence-electron chi connectivity index (χ4n) is 1.87. The highest BCUT2D eigenvalue weighted by Gasteiger charge is 2.26. The average molecular weight is 249 g/mol. The van der Waals surface area contributed by atoms with Crippen LogP contribution in [0.2, 0.25) is 0 Å². The number of imide groups is 1. The topological polar surface area (TPSA) is 91.3 Å². The van der Waals surface area contributed by atoms with E-state index in [1.165, 1.54) is 6.07 Å². The molecular formula is C12H15N3O3. The summed E-state index contributed by atoms with van der Waals surface area (Å²) in [7, 11) is 0. The van der Waals surface area contributed by atoms with Gasteiger partial charge in [-0.2, -0.15) is 0 Å². The van der Waals surface area contributed by atoms with Crippen LogP contribution in [0.1, 0.15) is 25.5 Å². The van der Waals surface area contributed by atoms with Crippen LogP contribution in [-0.2, 0) is 16.0 Å². The zero-order valence-corrected chi connectivity index (χ0v) is 10.1. The zero-order valence-electron chi connectivity index (χ0n) is 10.1. The molecule has 0 spiro atoms. The first-order valence-corrected chi connectivity index (χ1v) is 5.88. The first-order chi connectivity index (χ1) is 8.60. The summed E-state index contributed by atoms with van der Waals surface area (Å²) in [5.74, 6) is -0.486. The number of piperidine rings is 1. The summed E-state index contributed by atoms with van der Waals surface area (Å²) >= 11 is 0. The molecule has 2 amide bonds. The smallest absolute Gasteiger partial charge is 0.249 e. The van der Waals surface area contributed by atoms with E-state index < -0.39 is 6.04 Å². The molecule has 1 saturated heterocycles. The van der Waals surface area contributed by atoms with Gasteiger partial charge in [-0.3, -0.25) is 19.9 Å². The van der Waals surface area contributed by atoms with Gasteiger partial charge in [0, 0.05) is 12.5 Å². The molecule has 1 aliphatic rings. The maximum absolute atomic E-state index is 11.5. The van der Waals surface area contributed by atoms with Gasteiger partial charge in [0.25, 0.3) is 0 Å². The molecule has 0 aromatic carbocycles. The number of aromatic nitrogens is 1. The van der Waals surface area contributed by atoms with Gasteiger partial charge in [0.2, 0.25) is 11.8 Å².